The quantitative estimate of drug-likeness (QED) is 0.684. The van der Waals surface area contributed by atoms with Gasteiger partial charge in [-0.2, -0.15) is 0 Å². The first-order valence-corrected chi connectivity index (χ1v) is 6.56. The van der Waals surface area contributed by atoms with E-state index in [1.807, 2.05) is 0 Å². The molecule has 17 heavy (non-hydrogen) atoms. The Bertz CT molecular complexity index is 178. The maximum absolute atomic E-state index is 11.1. The molecule has 1 aliphatic rings. The zero-order chi connectivity index (χ0) is 10.9. The van der Waals surface area contributed by atoms with Gasteiger partial charge in [-0.05, 0) is 23.8 Å². The minimum absolute atomic E-state index is 0. The molecule has 0 aromatic heterocycles. The van der Waals surface area contributed by atoms with E-state index >= 15 is 0 Å². The summed E-state index contributed by atoms with van der Waals surface area (Å²) in [5, 5.41) is 0. The van der Waals surface area contributed by atoms with Gasteiger partial charge in [-0.25, -0.2) is 0 Å². The summed E-state index contributed by atoms with van der Waals surface area (Å²) >= 11 is 0. The second-order valence-corrected chi connectivity index (χ2v) is 4.82. The van der Waals surface area contributed by atoms with Crippen LogP contribution in [0.3, 0.4) is 0 Å². The Balaban J connectivity index is 0. The predicted octanol–water partition coefficient (Wildman–Crippen LogP) is 3.03. The van der Waals surface area contributed by atoms with Crippen LogP contribution in [0.2, 0.25) is 0 Å². The van der Waals surface area contributed by atoms with E-state index in [4.69, 9.17) is 5.73 Å². The molecule has 0 unspecified atom stereocenters. The number of nitrogens with one attached hydrogen (secondary N) is 1. The number of hydrogen-bond donors (Lipinski definition) is 0. The van der Waals surface area contributed by atoms with Gasteiger partial charge in [0.15, 0.2) is 0 Å². The number of hydrogen-bond acceptors (Lipinski definition) is 1. The summed E-state index contributed by atoms with van der Waals surface area (Å²) in [5.74, 6) is -0.281. The van der Waals surface area contributed by atoms with E-state index in [0.717, 1.165) is 25.7 Å². The SMILES string of the molecule is [NH-]C(=O)C1CCCCCCCCCCC1.[SiH4].[Ti]. The third-order valence-corrected chi connectivity index (χ3v) is 3.48. The van der Waals surface area contributed by atoms with Gasteiger partial charge >= 0.3 is 0 Å². The van der Waals surface area contributed by atoms with Crippen LogP contribution in [0.15, 0.2) is 0 Å². The van der Waals surface area contributed by atoms with Crippen molar-refractivity contribution in [1.82, 2.24) is 0 Å². The van der Waals surface area contributed by atoms with Crippen molar-refractivity contribution >= 4 is 16.9 Å². The molecular formula is C13H28NOSiTi-. The summed E-state index contributed by atoms with van der Waals surface area (Å²) in [6.07, 6.45) is 13.5. The Morgan fingerprint density at radius 3 is 1.35 bits per heavy atom. The normalized spacial score (nSPS) is 20.0. The van der Waals surface area contributed by atoms with Crippen LogP contribution in [-0.4, -0.2) is 16.9 Å². The smallest absolute Gasteiger partial charge is 0.0519 e. The maximum atomic E-state index is 11.1. The molecule has 0 atom stereocenters. The van der Waals surface area contributed by atoms with Gasteiger partial charge in [0.05, 0.1) is 5.91 Å². The zero-order valence-corrected chi connectivity index (χ0v) is 11.8. The third-order valence-electron chi connectivity index (χ3n) is 3.48. The summed E-state index contributed by atoms with van der Waals surface area (Å²) in [4.78, 5) is 11.1. The fourth-order valence-electron chi connectivity index (χ4n) is 2.43. The van der Waals surface area contributed by atoms with Gasteiger partial charge in [0.2, 0.25) is 0 Å². The molecule has 4 heteroatoms. The Morgan fingerprint density at radius 1 is 0.765 bits per heavy atom. The van der Waals surface area contributed by atoms with E-state index in [1.165, 1.54) is 44.9 Å². The second-order valence-electron chi connectivity index (χ2n) is 4.82. The van der Waals surface area contributed by atoms with Crippen molar-refractivity contribution in [3.8, 4) is 0 Å². The Morgan fingerprint density at radius 2 is 1.06 bits per heavy atom. The molecule has 0 bridgehead atoms. The van der Waals surface area contributed by atoms with Gasteiger partial charge in [0.25, 0.3) is 0 Å². The summed E-state index contributed by atoms with van der Waals surface area (Å²) < 4.78 is 0. The van der Waals surface area contributed by atoms with Crippen molar-refractivity contribution in [3.05, 3.63) is 5.73 Å². The van der Waals surface area contributed by atoms with Crippen LogP contribution in [0.5, 0.6) is 0 Å². The Hall–Kier alpha value is 0.401. The molecule has 0 aromatic carbocycles. The average Bonchev–Trinajstić information content (AvgIpc) is 2.18. The molecule has 1 N–H and O–H groups in total. The molecule has 0 aromatic rings. The first kappa shape index (κ1) is 19.7. The van der Waals surface area contributed by atoms with Crippen LogP contribution in [-0.2, 0) is 26.5 Å². The van der Waals surface area contributed by atoms with E-state index in [-0.39, 0.29) is 44.5 Å². The molecule has 1 aliphatic carbocycles. The summed E-state index contributed by atoms with van der Waals surface area (Å²) in [6.45, 7) is 0. The Kier molecular flexibility index (Phi) is 14.9. The van der Waals surface area contributed by atoms with E-state index in [2.05, 4.69) is 0 Å². The molecule has 0 heterocycles. The Labute approximate surface area is 125 Å². The van der Waals surface area contributed by atoms with Crippen LogP contribution in [0.25, 0.3) is 5.73 Å². The molecular weight excluding hydrogens is 262 g/mol. The average molecular weight is 290 g/mol. The summed E-state index contributed by atoms with van der Waals surface area (Å²) in [5.41, 5.74) is 7.23. The largest absolute Gasteiger partial charge is 0.668 e. The van der Waals surface area contributed by atoms with E-state index < -0.39 is 0 Å². The second kappa shape index (κ2) is 12.8. The van der Waals surface area contributed by atoms with Crippen molar-refractivity contribution in [3.63, 3.8) is 0 Å². The van der Waals surface area contributed by atoms with E-state index in [9.17, 15) is 4.79 Å². The molecule has 1 rings (SSSR count). The third kappa shape index (κ3) is 10.0. The summed E-state index contributed by atoms with van der Waals surface area (Å²) in [7, 11) is 0. The van der Waals surface area contributed by atoms with Gasteiger partial charge in [0, 0.05) is 27.6 Å². The molecule has 0 aliphatic heterocycles. The standard InChI is InChI=1S/C13H25NO.H4Si.Ti/c14-13(15)12-10-8-6-4-2-1-3-5-7-9-11-12;;/h12H,1-11H2,(H2,14,15);1H4;/p-1. The monoisotopic (exact) mass is 290 g/mol. The van der Waals surface area contributed by atoms with Crippen LogP contribution >= 0.6 is 0 Å². The fourth-order valence-corrected chi connectivity index (χ4v) is 2.43. The van der Waals surface area contributed by atoms with E-state index in [1.54, 1.807) is 0 Å². The van der Waals surface area contributed by atoms with Crippen molar-refractivity contribution in [2.45, 2.75) is 70.6 Å². The zero-order valence-electron chi connectivity index (χ0n) is 10.3. The molecule has 0 radical (unpaired) electrons. The number of rotatable bonds is 1. The molecule has 100 valence electrons. The van der Waals surface area contributed by atoms with Crippen molar-refractivity contribution in [2.75, 3.05) is 0 Å². The van der Waals surface area contributed by atoms with Crippen LogP contribution < -0.4 is 0 Å². The van der Waals surface area contributed by atoms with Crippen molar-refractivity contribution in [1.29, 1.82) is 0 Å². The van der Waals surface area contributed by atoms with Gasteiger partial charge < -0.3 is 10.5 Å². The molecule has 2 nitrogen and oxygen atoms in total. The predicted molar refractivity (Wildman–Crippen MR) is 74.9 cm³/mol. The van der Waals surface area contributed by atoms with Crippen LogP contribution in [0.1, 0.15) is 70.6 Å². The number of carbonyl (C=O) groups excluding carboxylic acids is 1. The first-order valence-electron chi connectivity index (χ1n) is 6.56. The van der Waals surface area contributed by atoms with Gasteiger partial charge in [-0.15, -0.1) is 0 Å². The fraction of sp³-hybridized carbons (Fsp3) is 0.923. The van der Waals surface area contributed by atoms with Crippen LogP contribution in [0.4, 0.5) is 0 Å². The topological polar surface area (TPSA) is 40.9 Å². The molecule has 1 fully saturated rings. The van der Waals surface area contributed by atoms with Gasteiger partial charge in [-0.1, -0.05) is 57.8 Å². The van der Waals surface area contributed by atoms with Crippen molar-refractivity contribution < 1.29 is 26.5 Å². The summed E-state index contributed by atoms with van der Waals surface area (Å²) in [6, 6.07) is 0. The van der Waals surface area contributed by atoms with Gasteiger partial charge in [-0.3, -0.25) is 0 Å². The molecule has 1 saturated carbocycles. The number of amides is 1. The molecule has 1 amide bonds. The van der Waals surface area contributed by atoms with Crippen molar-refractivity contribution in [2.24, 2.45) is 5.92 Å². The minimum Gasteiger partial charge on any atom is -0.668 e. The van der Waals surface area contributed by atoms with E-state index in [0.29, 0.717) is 0 Å². The van der Waals surface area contributed by atoms with Crippen LogP contribution in [0, 0.1) is 5.92 Å². The maximum Gasteiger partial charge on any atom is 0.0519 e. The number of carbonyl (C=O) groups is 1. The first-order chi connectivity index (χ1) is 7.30. The molecule has 0 saturated heterocycles. The minimum atomic E-state index is -0.327. The molecule has 0 spiro atoms. The van der Waals surface area contributed by atoms with Gasteiger partial charge in [0.1, 0.15) is 0 Å².